The molecule has 1 unspecified atom stereocenters. The number of hydrogen-bond donors (Lipinski definition) is 1. The van der Waals surface area contributed by atoms with Gasteiger partial charge in [0, 0.05) is 17.7 Å². The van der Waals surface area contributed by atoms with Gasteiger partial charge < -0.3 is 5.73 Å². The van der Waals surface area contributed by atoms with Crippen LogP contribution in [0.15, 0.2) is 34.8 Å². The Bertz CT molecular complexity index is 607. The van der Waals surface area contributed by atoms with E-state index in [1.165, 1.54) is 18.2 Å². The fourth-order valence-electron chi connectivity index (χ4n) is 1.77. The van der Waals surface area contributed by atoms with Gasteiger partial charge in [-0.3, -0.25) is 0 Å². The van der Waals surface area contributed by atoms with Crippen molar-refractivity contribution in [2.24, 2.45) is 5.73 Å². The summed E-state index contributed by atoms with van der Waals surface area (Å²) < 4.78 is 53.4. The van der Waals surface area contributed by atoms with Crippen molar-refractivity contribution in [2.45, 2.75) is 6.04 Å². The standard InChI is InChI=1S/C13H8BrF4N/c14-12-7(2-1-3-8(12)16)13(19)11-9(17)4-6(15)5-10(11)18/h1-5,13H,19H2. The van der Waals surface area contributed by atoms with Gasteiger partial charge in [0.05, 0.1) is 10.5 Å². The van der Waals surface area contributed by atoms with Crippen LogP contribution in [0, 0.1) is 23.3 Å². The third-order valence-corrected chi connectivity index (χ3v) is 3.51. The van der Waals surface area contributed by atoms with Gasteiger partial charge in [-0.15, -0.1) is 0 Å². The molecule has 0 fully saturated rings. The van der Waals surface area contributed by atoms with Crippen molar-refractivity contribution in [3.8, 4) is 0 Å². The number of benzene rings is 2. The second kappa shape index (κ2) is 5.30. The van der Waals surface area contributed by atoms with Crippen LogP contribution in [0.2, 0.25) is 0 Å². The average Bonchev–Trinajstić information content (AvgIpc) is 2.31. The van der Waals surface area contributed by atoms with Crippen LogP contribution in [0.25, 0.3) is 0 Å². The van der Waals surface area contributed by atoms with Gasteiger partial charge in [-0.05, 0) is 27.6 Å². The Labute approximate surface area is 115 Å². The summed E-state index contributed by atoms with van der Waals surface area (Å²) >= 11 is 2.97. The van der Waals surface area contributed by atoms with Crippen LogP contribution < -0.4 is 5.73 Å². The Morgan fingerprint density at radius 1 is 0.947 bits per heavy atom. The molecule has 2 rings (SSSR count). The fraction of sp³-hybridized carbons (Fsp3) is 0.0769. The molecule has 0 saturated heterocycles. The van der Waals surface area contributed by atoms with E-state index in [1.807, 2.05) is 0 Å². The molecule has 6 heteroatoms. The van der Waals surface area contributed by atoms with Crippen LogP contribution in [0.4, 0.5) is 17.6 Å². The lowest BCUT2D eigenvalue weighted by Crippen LogP contribution is -2.17. The third kappa shape index (κ3) is 2.64. The zero-order valence-corrected chi connectivity index (χ0v) is 11.0. The molecule has 0 heterocycles. The van der Waals surface area contributed by atoms with Crippen molar-refractivity contribution in [2.75, 3.05) is 0 Å². The molecule has 0 bridgehead atoms. The quantitative estimate of drug-likeness (QED) is 0.824. The summed E-state index contributed by atoms with van der Waals surface area (Å²) in [5, 5.41) is 0. The van der Waals surface area contributed by atoms with Crippen LogP contribution >= 0.6 is 15.9 Å². The Morgan fingerprint density at radius 2 is 1.53 bits per heavy atom. The zero-order chi connectivity index (χ0) is 14.2. The van der Waals surface area contributed by atoms with Crippen LogP contribution in [0.1, 0.15) is 17.2 Å². The normalized spacial score (nSPS) is 12.5. The molecule has 0 aromatic heterocycles. The van der Waals surface area contributed by atoms with E-state index >= 15 is 0 Å². The molecule has 1 nitrogen and oxygen atoms in total. The summed E-state index contributed by atoms with van der Waals surface area (Å²) in [5.41, 5.74) is 5.40. The largest absolute Gasteiger partial charge is 0.320 e. The Kier molecular flexibility index (Phi) is 3.91. The summed E-state index contributed by atoms with van der Waals surface area (Å²) in [4.78, 5) is 0. The van der Waals surface area contributed by atoms with Crippen molar-refractivity contribution in [1.82, 2.24) is 0 Å². The van der Waals surface area contributed by atoms with Gasteiger partial charge >= 0.3 is 0 Å². The van der Waals surface area contributed by atoms with E-state index in [2.05, 4.69) is 15.9 Å². The zero-order valence-electron chi connectivity index (χ0n) is 9.43. The van der Waals surface area contributed by atoms with E-state index in [1.54, 1.807) is 0 Å². The molecule has 0 aliphatic rings. The first-order valence-corrected chi connectivity index (χ1v) is 6.05. The number of halogens is 5. The molecule has 0 radical (unpaired) electrons. The lowest BCUT2D eigenvalue weighted by molar-refractivity contribution is 0.514. The Hall–Kier alpha value is -1.40. The summed E-state index contributed by atoms with van der Waals surface area (Å²) in [5.74, 6) is -3.86. The molecule has 2 aromatic carbocycles. The topological polar surface area (TPSA) is 26.0 Å². The molecule has 2 N–H and O–H groups in total. The monoisotopic (exact) mass is 333 g/mol. The molecular formula is C13H8BrF4N. The van der Waals surface area contributed by atoms with E-state index in [0.717, 1.165) is 0 Å². The Morgan fingerprint density at radius 3 is 2.11 bits per heavy atom. The molecule has 0 saturated carbocycles. The van der Waals surface area contributed by atoms with Gasteiger partial charge in [0.2, 0.25) is 0 Å². The SMILES string of the molecule is NC(c1cccc(F)c1Br)c1c(F)cc(F)cc1F. The predicted molar refractivity (Wildman–Crippen MR) is 66.4 cm³/mol. The molecule has 0 aliphatic heterocycles. The van der Waals surface area contributed by atoms with Crippen molar-refractivity contribution >= 4 is 15.9 Å². The van der Waals surface area contributed by atoms with Crippen molar-refractivity contribution < 1.29 is 17.6 Å². The van der Waals surface area contributed by atoms with Gasteiger partial charge in [0.1, 0.15) is 23.3 Å². The maximum Gasteiger partial charge on any atom is 0.137 e. The first kappa shape index (κ1) is 14.0. The summed E-state index contributed by atoms with van der Waals surface area (Å²) in [7, 11) is 0. The molecule has 2 aromatic rings. The van der Waals surface area contributed by atoms with Crippen LogP contribution in [-0.4, -0.2) is 0 Å². The van der Waals surface area contributed by atoms with E-state index in [4.69, 9.17) is 5.73 Å². The van der Waals surface area contributed by atoms with E-state index in [-0.39, 0.29) is 10.0 Å². The summed E-state index contributed by atoms with van der Waals surface area (Å²) in [6.07, 6.45) is 0. The highest BCUT2D eigenvalue weighted by Gasteiger charge is 2.22. The average molecular weight is 334 g/mol. The minimum absolute atomic E-state index is 0.0191. The van der Waals surface area contributed by atoms with E-state index in [9.17, 15) is 17.6 Å². The highest BCUT2D eigenvalue weighted by molar-refractivity contribution is 9.10. The summed E-state index contributed by atoms with van der Waals surface area (Å²) in [6.45, 7) is 0. The van der Waals surface area contributed by atoms with Crippen LogP contribution in [0.5, 0.6) is 0 Å². The first-order chi connectivity index (χ1) is 8.91. The van der Waals surface area contributed by atoms with Crippen molar-refractivity contribution in [1.29, 1.82) is 0 Å². The molecule has 0 aliphatic carbocycles. The minimum atomic E-state index is -1.24. The number of nitrogens with two attached hydrogens (primary N) is 1. The number of hydrogen-bond acceptors (Lipinski definition) is 1. The van der Waals surface area contributed by atoms with Crippen molar-refractivity contribution in [3.63, 3.8) is 0 Å². The maximum atomic E-state index is 13.6. The minimum Gasteiger partial charge on any atom is -0.320 e. The van der Waals surface area contributed by atoms with E-state index < -0.39 is 34.9 Å². The molecular weight excluding hydrogens is 326 g/mol. The lowest BCUT2D eigenvalue weighted by Gasteiger charge is -2.16. The van der Waals surface area contributed by atoms with Crippen LogP contribution in [0.3, 0.4) is 0 Å². The summed E-state index contributed by atoms with van der Waals surface area (Å²) in [6, 6.07) is 3.80. The molecule has 100 valence electrons. The number of rotatable bonds is 2. The lowest BCUT2D eigenvalue weighted by atomic mass is 9.98. The highest BCUT2D eigenvalue weighted by Crippen LogP contribution is 2.31. The van der Waals surface area contributed by atoms with Gasteiger partial charge in [0.25, 0.3) is 0 Å². The first-order valence-electron chi connectivity index (χ1n) is 5.25. The van der Waals surface area contributed by atoms with Crippen molar-refractivity contribution in [3.05, 3.63) is 69.2 Å². The predicted octanol–water partition coefficient (Wildman–Crippen LogP) is 4.05. The van der Waals surface area contributed by atoms with Gasteiger partial charge in [-0.25, -0.2) is 17.6 Å². The highest BCUT2D eigenvalue weighted by atomic mass is 79.9. The van der Waals surface area contributed by atoms with Gasteiger partial charge in [-0.2, -0.15) is 0 Å². The molecule has 19 heavy (non-hydrogen) atoms. The smallest absolute Gasteiger partial charge is 0.137 e. The van der Waals surface area contributed by atoms with Gasteiger partial charge in [-0.1, -0.05) is 12.1 Å². The fourth-order valence-corrected chi connectivity index (χ4v) is 2.28. The second-order valence-electron chi connectivity index (χ2n) is 3.90. The molecule has 0 spiro atoms. The van der Waals surface area contributed by atoms with E-state index in [0.29, 0.717) is 12.1 Å². The van der Waals surface area contributed by atoms with Gasteiger partial charge in [0.15, 0.2) is 0 Å². The maximum absolute atomic E-state index is 13.6. The Balaban J connectivity index is 2.56. The molecule has 0 amide bonds. The van der Waals surface area contributed by atoms with Crippen LogP contribution in [-0.2, 0) is 0 Å². The second-order valence-corrected chi connectivity index (χ2v) is 4.70. The molecule has 1 atom stereocenters. The third-order valence-electron chi connectivity index (χ3n) is 2.67.